The molecule has 0 unspecified atom stereocenters. The molecule has 1 aromatic heterocycles. The summed E-state index contributed by atoms with van der Waals surface area (Å²) in [5.74, 6) is 2.31. The number of benzene rings is 1. The van der Waals surface area contributed by atoms with Crippen LogP contribution in [0.2, 0.25) is 0 Å². The summed E-state index contributed by atoms with van der Waals surface area (Å²) in [6, 6.07) is 7.91. The van der Waals surface area contributed by atoms with Crippen LogP contribution in [-0.2, 0) is 4.79 Å². The van der Waals surface area contributed by atoms with E-state index in [9.17, 15) is 4.79 Å². The number of rotatable bonds is 3. The molecule has 1 amide bonds. The van der Waals surface area contributed by atoms with Crippen LogP contribution in [0.15, 0.2) is 28.7 Å². The average molecular weight is 342 g/mol. The van der Waals surface area contributed by atoms with E-state index in [4.69, 9.17) is 4.42 Å². The molecule has 25 heavy (non-hydrogen) atoms. The first kappa shape index (κ1) is 16.6. The molecular weight excluding hydrogens is 314 g/mol. The van der Waals surface area contributed by atoms with E-state index in [1.807, 2.05) is 29.2 Å². The fourth-order valence-electron chi connectivity index (χ4n) is 4.11. The van der Waals surface area contributed by atoms with Crippen LogP contribution in [0.1, 0.15) is 44.4 Å². The fourth-order valence-corrected chi connectivity index (χ4v) is 4.11. The number of amides is 1. The Balaban J connectivity index is 1.31. The maximum atomic E-state index is 12.6. The number of para-hydroxylation sites is 2. The summed E-state index contributed by atoms with van der Waals surface area (Å²) in [4.78, 5) is 20.7. The Labute approximate surface area is 149 Å². The number of nitrogens with one attached hydrogen (secondary N) is 1. The number of nitrogens with zero attached hydrogens (tertiary/aromatic N) is 2. The molecule has 2 aliphatic rings. The second-order valence-corrected chi connectivity index (χ2v) is 7.78. The molecule has 2 aromatic rings. The van der Waals surface area contributed by atoms with E-state index in [1.54, 1.807) is 0 Å². The zero-order valence-corrected chi connectivity index (χ0v) is 15.0. The van der Waals surface area contributed by atoms with Crippen LogP contribution in [0.3, 0.4) is 0 Å². The number of quaternary nitrogens is 1. The van der Waals surface area contributed by atoms with Crippen molar-refractivity contribution in [2.45, 2.75) is 38.5 Å². The van der Waals surface area contributed by atoms with Crippen LogP contribution in [-0.4, -0.2) is 48.5 Å². The Morgan fingerprint density at radius 3 is 2.64 bits per heavy atom. The first-order valence-electron chi connectivity index (χ1n) is 9.66. The van der Waals surface area contributed by atoms with Crippen LogP contribution < -0.4 is 4.90 Å². The number of piperidine rings is 2. The molecule has 4 rings (SSSR count). The van der Waals surface area contributed by atoms with Crippen molar-refractivity contribution in [3.63, 3.8) is 0 Å². The highest BCUT2D eigenvalue weighted by Crippen LogP contribution is 2.29. The molecular formula is C20H28N3O2+. The lowest BCUT2D eigenvalue weighted by Gasteiger charge is -2.33. The number of carbonyl (C=O) groups excluding carboxylic acids is 1. The molecule has 0 bridgehead atoms. The van der Waals surface area contributed by atoms with Gasteiger partial charge in [0.05, 0.1) is 13.1 Å². The lowest BCUT2D eigenvalue weighted by Crippen LogP contribution is -3.14. The molecule has 0 aliphatic carbocycles. The average Bonchev–Trinajstić information content (AvgIpc) is 3.08. The molecule has 5 nitrogen and oxygen atoms in total. The van der Waals surface area contributed by atoms with Crippen LogP contribution in [0.4, 0.5) is 0 Å². The third-order valence-corrected chi connectivity index (χ3v) is 5.89. The van der Waals surface area contributed by atoms with E-state index in [1.165, 1.54) is 17.7 Å². The van der Waals surface area contributed by atoms with Gasteiger partial charge in [0, 0.05) is 19.0 Å². The highest BCUT2D eigenvalue weighted by Gasteiger charge is 2.29. The summed E-state index contributed by atoms with van der Waals surface area (Å²) in [6.45, 7) is 6.92. The SMILES string of the molecule is CC1CC[NH+](CC(=O)N2CCC(c3nc4ccccc4o3)CC2)CC1. The number of hydrogen-bond acceptors (Lipinski definition) is 3. The Hall–Kier alpha value is -1.88. The molecule has 5 heteroatoms. The Kier molecular flexibility index (Phi) is 4.75. The molecule has 1 N–H and O–H groups in total. The first-order chi connectivity index (χ1) is 12.2. The minimum Gasteiger partial charge on any atom is -0.440 e. The van der Waals surface area contributed by atoms with Gasteiger partial charge in [0.15, 0.2) is 18.0 Å². The topological polar surface area (TPSA) is 50.8 Å². The summed E-state index contributed by atoms with van der Waals surface area (Å²) in [6.07, 6.45) is 4.40. The zero-order chi connectivity index (χ0) is 17.2. The van der Waals surface area contributed by atoms with Gasteiger partial charge in [-0.05, 0) is 43.7 Å². The van der Waals surface area contributed by atoms with Crippen molar-refractivity contribution >= 4 is 17.0 Å². The molecule has 2 aliphatic heterocycles. The first-order valence-corrected chi connectivity index (χ1v) is 9.66. The van der Waals surface area contributed by atoms with Gasteiger partial charge in [-0.25, -0.2) is 4.98 Å². The second-order valence-electron chi connectivity index (χ2n) is 7.78. The van der Waals surface area contributed by atoms with Gasteiger partial charge in [0.2, 0.25) is 0 Å². The van der Waals surface area contributed by atoms with Gasteiger partial charge in [0.1, 0.15) is 5.52 Å². The largest absolute Gasteiger partial charge is 0.440 e. The highest BCUT2D eigenvalue weighted by atomic mass is 16.3. The number of aromatic nitrogens is 1. The highest BCUT2D eigenvalue weighted by molar-refractivity contribution is 5.77. The van der Waals surface area contributed by atoms with Crippen molar-refractivity contribution in [1.29, 1.82) is 0 Å². The molecule has 3 heterocycles. The van der Waals surface area contributed by atoms with Crippen LogP contribution in [0, 0.1) is 5.92 Å². The minimum atomic E-state index is 0.320. The van der Waals surface area contributed by atoms with E-state index in [0.29, 0.717) is 18.4 Å². The quantitative estimate of drug-likeness (QED) is 0.926. The summed E-state index contributed by atoms with van der Waals surface area (Å²) in [5, 5.41) is 0. The predicted molar refractivity (Wildman–Crippen MR) is 96.5 cm³/mol. The molecule has 1 aromatic carbocycles. The van der Waals surface area contributed by atoms with Crippen molar-refractivity contribution in [2.75, 3.05) is 32.7 Å². The predicted octanol–water partition coefficient (Wildman–Crippen LogP) is 1.85. The van der Waals surface area contributed by atoms with Gasteiger partial charge in [-0.15, -0.1) is 0 Å². The van der Waals surface area contributed by atoms with Crippen LogP contribution >= 0.6 is 0 Å². The van der Waals surface area contributed by atoms with Crippen LogP contribution in [0.5, 0.6) is 0 Å². The standard InChI is InChI=1S/C20H27N3O2/c1-15-6-10-22(11-7-15)14-19(24)23-12-8-16(9-13-23)20-21-17-4-2-3-5-18(17)25-20/h2-5,15-16H,6-14H2,1H3/p+1. The third-order valence-electron chi connectivity index (χ3n) is 5.89. The van der Waals surface area contributed by atoms with Crippen LogP contribution in [0.25, 0.3) is 11.1 Å². The molecule has 0 spiro atoms. The van der Waals surface area contributed by atoms with Gasteiger partial charge in [-0.3, -0.25) is 4.79 Å². The maximum absolute atomic E-state index is 12.6. The zero-order valence-electron chi connectivity index (χ0n) is 15.0. The van der Waals surface area contributed by atoms with E-state index in [0.717, 1.165) is 61.9 Å². The van der Waals surface area contributed by atoms with Gasteiger partial charge in [0.25, 0.3) is 5.91 Å². The molecule has 0 radical (unpaired) electrons. The number of carbonyl (C=O) groups is 1. The molecule has 2 fully saturated rings. The van der Waals surface area contributed by atoms with Crippen molar-refractivity contribution in [3.8, 4) is 0 Å². The Bertz CT molecular complexity index is 692. The lowest BCUT2D eigenvalue weighted by atomic mass is 9.96. The minimum absolute atomic E-state index is 0.320. The summed E-state index contributed by atoms with van der Waals surface area (Å²) in [5.41, 5.74) is 1.79. The van der Waals surface area contributed by atoms with Crippen molar-refractivity contribution in [3.05, 3.63) is 30.2 Å². The van der Waals surface area contributed by atoms with Gasteiger partial charge in [-0.1, -0.05) is 19.1 Å². The van der Waals surface area contributed by atoms with Gasteiger partial charge < -0.3 is 14.2 Å². The monoisotopic (exact) mass is 342 g/mol. The van der Waals surface area contributed by atoms with Crippen molar-refractivity contribution < 1.29 is 14.1 Å². The summed E-state index contributed by atoms with van der Waals surface area (Å²) in [7, 11) is 0. The molecule has 134 valence electrons. The number of hydrogen-bond donors (Lipinski definition) is 1. The number of fused-ring (bicyclic) bond motifs is 1. The van der Waals surface area contributed by atoms with E-state index in [-0.39, 0.29) is 0 Å². The normalized spacial score (nSPS) is 25.4. The second kappa shape index (κ2) is 7.16. The fraction of sp³-hybridized carbons (Fsp3) is 0.600. The summed E-state index contributed by atoms with van der Waals surface area (Å²) < 4.78 is 5.92. The van der Waals surface area contributed by atoms with E-state index < -0.39 is 0 Å². The molecule has 2 saturated heterocycles. The number of likely N-dealkylation sites (tertiary alicyclic amines) is 2. The molecule has 0 saturated carbocycles. The van der Waals surface area contributed by atoms with Gasteiger partial charge >= 0.3 is 0 Å². The van der Waals surface area contributed by atoms with E-state index in [2.05, 4.69) is 11.9 Å². The summed E-state index contributed by atoms with van der Waals surface area (Å²) >= 11 is 0. The smallest absolute Gasteiger partial charge is 0.277 e. The molecule has 0 atom stereocenters. The van der Waals surface area contributed by atoms with Gasteiger partial charge in [-0.2, -0.15) is 0 Å². The van der Waals surface area contributed by atoms with E-state index >= 15 is 0 Å². The third kappa shape index (κ3) is 3.71. The van der Waals surface area contributed by atoms with Crippen molar-refractivity contribution in [1.82, 2.24) is 9.88 Å². The lowest BCUT2D eigenvalue weighted by molar-refractivity contribution is -0.898. The van der Waals surface area contributed by atoms with Crippen molar-refractivity contribution in [2.24, 2.45) is 5.92 Å². The number of oxazole rings is 1. The Morgan fingerprint density at radius 1 is 1.20 bits per heavy atom. The Morgan fingerprint density at radius 2 is 1.92 bits per heavy atom. The maximum Gasteiger partial charge on any atom is 0.277 e.